The third-order valence-electron chi connectivity index (χ3n) is 5.21. The maximum atomic E-state index is 13.9. The van der Waals surface area contributed by atoms with Gasteiger partial charge >= 0.3 is 11.8 Å². The fourth-order valence-corrected chi connectivity index (χ4v) is 4.92. The van der Waals surface area contributed by atoms with Crippen molar-refractivity contribution < 1.29 is 31.6 Å². The molecule has 0 atom stereocenters. The van der Waals surface area contributed by atoms with Gasteiger partial charge in [0.05, 0.1) is 0 Å². The van der Waals surface area contributed by atoms with Crippen molar-refractivity contribution in [1.29, 1.82) is 0 Å². The van der Waals surface area contributed by atoms with Crippen molar-refractivity contribution in [3.63, 3.8) is 0 Å². The van der Waals surface area contributed by atoms with Crippen molar-refractivity contribution in [2.45, 2.75) is 11.8 Å². The summed E-state index contributed by atoms with van der Waals surface area (Å²) in [5, 5.41) is 0. The molecule has 3 amide bonds. The SMILES string of the molecule is CCN1CCN(CC(=O)N2CCN(S(=O)(=O)c3cc(F)ccc3F)CC2)C(=O)C1=O. The highest BCUT2D eigenvalue weighted by Crippen LogP contribution is 2.22. The Morgan fingerprint density at radius 2 is 1.57 bits per heavy atom. The largest absolute Gasteiger partial charge is 0.339 e. The summed E-state index contributed by atoms with van der Waals surface area (Å²) in [5.74, 6) is -3.71. The molecule has 0 N–H and O–H groups in total. The van der Waals surface area contributed by atoms with E-state index in [0.29, 0.717) is 19.2 Å². The fourth-order valence-electron chi connectivity index (χ4n) is 3.42. The molecule has 2 aliphatic rings. The lowest BCUT2D eigenvalue weighted by Gasteiger charge is -2.37. The fraction of sp³-hybridized carbons (Fsp3) is 0.500. The maximum absolute atomic E-state index is 13.9. The molecule has 2 saturated heterocycles. The molecule has 2 aliphatic heterocycles. The highest BCUT2D eigenvalue weighted by molar-refractivity contribution is 7.89. The van der Waals surface area contributed by atoms with E-state index in [0.717, 1.165) is 16.4 Å². The lowest BCUT2D eigenvalue weighted by molar-refractivity contribution is -0.157. The molecule has 0 aliphatic carbocycles. The van der Waals surface area contributed by atoms with Gasteiger partial charge in [0.25, 0.3) is 0 Å². The van der Waals surface area contributed by atoms with E-state index in [1.54, 1.807) is 6.92 Å². The van der Waals surface area contributed by atoms with Gasteiger partial charge in [-0.3, -0.25) is 14.4 Å². The molecule has 30 heavy (non-hydrogen) atoms. The van der Waals surface area contributed by atoms with Crippen molar-refractivity contribution in [1.82, 2.24) is 19.0 Å². The van der Waals surface area contributed by atoms with Gasteiger partial charge in [0.1, 0.15) is 23.1 Å². The second-order valence-corrected chi connectivity index (χ2v) is 8.88. The molecule has 0 aromatic heterocycles. The topological polar surface area (TPSA) is 98.3 Å². The van der Waals surface area contributed by atoms with Crippen LogP contribution in [0.4, 0.5) is 8.78 Å². The van der Waals surface area contributed by atoms with Crippen molar-refractivity contribution in [3.05, 3.63) is 29.8 Å². The maximum Gasteiger partial charge on any atom is 0.312 e. The zero-order valence-corrected chi connectivity index (χ0v) is 17.2. The number of hydrogen-bond acceptors (Lipinski definition) is 5. The zero-order chi connectivity index (χ0) is 22.1. The number of piperazine rings is 2. The molecule has 2 fully saturated rings. The summed E-state index contributed by atoms with van der Waals surface area (Å²) in [6, 6.07) is 2.21. The summed E-state index contributed by atoms with van der Waals surface area (Å²) in [6.07, 6.45) is 0. The van der Waals surface area contributed by atoms with Crippen LogP contribution in [0.15, 0.2) is 23.1 Å². The average molecular weight is 444 g/mol. The van der Waals surface area contributed by atoms with Gasteiger partial charge in [0.15, 0.2) is 0 Å². The van der Waals surface area contributed by atoms with Gasteiger partial charge in [0, 0.05) is 45.8 Å². The van der Waals surface area contributed by atoms with Gasteiger partial charge in [0.2, 0.25) is 15.9 Å². The van der Waals surface area contributed by atoms with Crippen LogP contribution in [0, 0.1) is 11.6 Å². The molecule has 0 saturated carbocycles. The molecule has 0 radical (unpaired) electrons. The number of benzene rings is 1. The van der Waals surface area contributed by atoms with E-state index in [1.807, 2.05) is 0 Å². The Balaban J connectivity index is 1.60. The second kappa shape index (κ2) is 8.64. The first kappa shape index (κ1) is 22.1. The van der Waals surface area contributed by atoms with E-state index >= 15 is 0 Å². The first-order valence-electron chi connectivity index (χ1n) is 9.46. The summed E-state index contributed by atoms with van der Waals surface area (Å²) in [7, 11) is -4.25. The number of sulfonamides is 1. The van der Waals surface area contributed by atoms with Gasteiger partial charge in [-0.25, -0.2) is 17.2 Å². The third kappa shape index (κ3) is 4.29. The Hall–Kier alpha value is -2.60. The predicted molar refractivity (Wildman–Crippen MR) is 101 cm³/mol. The Kier molecular flexibility index (Phi) is 6.36. The molecule has 0 unspecified atom stereocenters. The molecule has 0 spiro atoms. The standard InChI is InChI=1S/C18H22F2N4O5S/c1-2-21-5-6-23(18(27)17(21)26)12-16(25)22-7-9-24(10-8-22)30(28,29)15-11-13(19)3-4-14(15)20/h3-4,11H,2,5-10,12H2,1H3. The highest BCUT2D eigenvalue weighted by Gasteiger charge is 2.35. The van der Waals surface area contributed by atoms with Crippen molar-refractivity contribution in [2.75, 3.05) is 52.4 Å². The minimum atomic E-state index is -4.25. The lowest BCUT2D eigenvalue weighted by Crippen LogP contribution is -2.58. The molecular weight excluding hydrogens is 422 g/mol. The molecule has 3 rings (SSSR count). The number of amides is 3. The second-order valence-electron chi connectivity index (χ2n) is 6.97. The van der Waals surface area contributed by atoms with E-state index in [-0.39, 0.29) is 39.3 Å². The van der Waals surface area contributed by atoms with Gasteiger partial charge < -0.3 is 14.7 Å². The van der Waals surface area contributed by atoms with E-state index in [2.05, 4.69) is 0 Å². The Bertz CT molecular complexity index is 963. The number of likely N-dealkylation sites (N-methyl/N-ethyl adjacent to an activating group) is 1. The van der Waals surface area contributed by atoms with E-state index in [9.17, 15) is 31.6 Å². The van der Waals surface area contributed by atoms with Crippen molar-refractivity contribution in [2.24, 2.45) is 0 Å². The van der Waals surface area contributed by atoms with Gasteiger partial charge in [-0.15, -0.1) is 0 Å². The number of hydrogen-bond donors (Lipinski definition) is 0. The zero-order valence-electron chi connectivity index (χ0n) is 16.4. The Morgan fingerprint density at radius 1 is 0.967 bits per heavy atom. The van der Waals surface area contributed by atoms with E-state index in [1.165, 1.54) is 14.7 Å². The molecule has 1 aromatic carbocycles. The smallest absolute Gasteiger partial charge is 0.312 e. The van der Waals surface area contributed by atoms with Crippen LogP contribution < -0.4 is 0 Å². The van der Waals surface area contributed by atoms with Gasteiger partial charge in [-0.2, -0.15) is 4.31 Å². The highest BCUT2D eigenvalue weighted by atomic mass is 32.2. The quantitative estimate of drug-likeness (QED) is 0.570. The summed E-state index contributed by atoms with van der Waals surface area (Å²) in [5.41, 5.74) is 0. The summed E-state index contributed by atoms with van der Waals surface area (Å²) >= 11 is 0. The van der Waals surface area contributed by atoms with Gasteiger partial charge in [-0.05, 0) is 25.1 Å². The molecule has 9 nitrogen and oxygen atoms in total. The summed E-state index contributed by atoms with van der Waals surface area (Å²) < 4.78 is 53.5. The molecule has 1 aromatic rings. The van der Waals surface area contributed by atoms with Crippen LogP contribution in [0.3, 0.4) is 0 Å². The van der Waals surface area contributed by atoms with Crippen molar-refractivity contribution >= 4 is 27.7 Å². The van der Waals surface area contributed by atoms with E-state index < -0.39 is 44.3 Å². The normalized spacial score (nSPS) is 18.8. The number of halogens is 2. The molecule has 164 valence electrons. The van der Waals surface area contributed by atoms with Crippen LogP contribution >= 0.6 is 0 Å². The summed E-state index contributed by atoms with van der Waals surface area (Å²) in [6.45, 7) is 2.37. The van der Waals surface area contributed by atoms with Crippen LogP contribution in [0.5, 0.6) is 0 Å². The monoisotopic (exact) mass is 444 g/mol. The first-order chi connectivity index (χ1) is 14.1. The van der Waals surface area contributed by atoms with Crippen LogP contribution in [0.1, 0.15) is 6.92 Å². The molecule has 0 bridgehead atoms. The Labute approximate surface area is 172 Å². The van der Waals surface area contributed by atoms with Crippen LogP contribution in [0.25, 0.3) is 0 Å². The lowest BCUT2D eigenvalue weighted by atomic mass is 10.2. The first-order valence-corrected chi connectivity index (χ1v) is 10.9. The minimum Gasteiger partial charge on any atom is -0.339 e. The van der Waals surface area contributed by atoms with Gasteiger partial charge in [-0.1, -0.05) is 0 Å². The molecule has 2 heterocycles. The van der Waals surface area contributed by atoms with Crippen molar-refractivity contribution in [3.8, 4) is 0 Å². The molecule has 12 heteroatoms. The number of carbonyl (C=O) groups excluding carboxylic acids is 3. The summed E-state index contributed by atoms with van der Waals surface area (Å²) in [4.78, 5) is 39.8. The number of nitrogens with zero attached hydrogens (tertiary/aromatic N) is 4. The van der Waals surface area contributed by atoms with Crippen LogP contribution in [-0.2, 0) is 24.4 Å². The predicted octanol–water partition coefficient (Wildman–Crippen LogP) is -0.512. The minimum absolute atomic E-state index is 0.0338. The number of carbonyl (C=O) groups is 3. The van der Waals surface area contributed by atoms with Crippen LogP contribution in [0.2, 0.25) is 0 Å². The van der Waals surface area contributed by atoms with E-state index in [4.69, 9.17) is 0 Å². The Morgan fingerprint density at radius 3 is 2.20 bits per heavy atom. The average Bonchev–Trinajstić information content (AvgIpc) is 2.73. The number of rotatable bonds is 5. The van der Waals surface area contributed by atoms with Crippen LogP contribution in [-0.4, -0.2) is 97.5 Å². The molecular formula is C18H22F2N4O5S. The third-order valence-corrected chi connectivity index (χ3v) is 7.12.